The average molecular weight is 194 g/mol. The van der Waals surface area contributed by atoms with E-state index in [0.29, 0.717) is 11.4 Å². The van der Waals surface area contributed by atoms with E-state index in [1.54, 1.807) is 26.8 Å². The summed E-state index contributed by atoms with van der Waals surface area (Å²) in [5.74, 6) is 0.0496. The molecule has 0 saturated heterocycles. The van der Waals surface area contributed by atoms with Gasteiger partial charge < -0.3 is 10.5 Å². The molecule has 1 rings (SSSR count). The lowest BCUT2D eigenvalue weighted by Crippen LogP contribution is -2.13. The molecule has 0 saturated carbocycles. The number of ether oxygens (including phenoxy) is 1. The molecule has 0 radical (unpaired) electrons. The van der Waals surface area contributed by atoms with Crippen LogP contribution in [-0.4, -0.2) is 17.1 Å². The van der Waals surface area contributed by atoms with Gasteiger partial charge in [-0.2, -0.15) is 0 Å². The van der Waals surface area contributed by atoms with E-state index in [4.69, 9.17) is 10.5 Å². The summed E-state index contributed by atoms with van der Waals surface area (Å²) in [6.45, 7) is 5.41. The highest BCUT2D eigenvalue weighted by atomic mass is 16.5. The number of aromatic nitrogens is 1. The summed E-state index contributed by atoms with van der Waals surface area (Å²) in [6.07, 6.45) is 1.31. The second-order valence-corrected chi connectivity index (χ2v) is 3.38. The van der Waals surface area contributed by atoms with Crippen molar-refractivity contribution in [1.82, 2.24) is 4.98 Å². The summed E-state index contributed by atoms with van der Waals surface area (Å²) in [7, 11) is 0. The number of rotatable bonds is 2. The first-order valence-corrected chi connectivity index (χ1v) is 4.44. The molecule has 0 atom stereocenters. The fraction of sp³-hybridized carbons (Fsp3) is 0.400. The van der Waals surface area contributed by atoms with Crippen molar-refractivity contribution in [3.63, 3.8) is 0 Å². The summed E-state index contributed by atoms with van der Waals surface area (Å²) in [5.41, 5.74) is 6.71. The Hall–Kier alpha value is -1.58. The van der Waals surface area contributed by atoms with Gasteiger partial charge in [-0.1, -0.05) is 0 Å². The summed E-state index contributed by atoms with van der Waals surface area (Å²) in [4.78, 5) is 15.3. The van der Waals surface area contributed by atoms with E-state index in [1.165, 1.54) is 6.20 Å². The van der Waals surface area contributed by atoms with Crippen LogP contribution in [0, 0.1) is 6.92 Å². The lowest BCUT2D eigenvalue weighted by atomic mass is 10.1. The van der Waals surface area contributed by atoms with Crippen LogP contribution in [0.15, 0.2) is 12.3 Å². The molecule has 1 heterocycles. The number of carbonyl (C=O) groups excluding carboxylic acids is 1. The molecule has 0 fully saturated rings. The number of nitrogen functional groups attached to an aromatic ring is 1. The quantitative estimate of drug-likeness (QED) is 0.725. The van der Waals surface area contributed by atoms with Crippen molar-refractivity contribution in [2.45, 2.75) is 26.9 Å². The number of hydrogen-bond acceptors (Lipinski definition) is 4. The van der Waals surface area contributed by atoms with E-state index in [9.17, 15) is 4.79 Å². The highest BCUT2D eigenvalue weighted by molar-refractivity contribution is 5.91. The van der Waals surface area contributed by atoms with Gasteiger partial charge in [-0.15, -0.1) is 0 Å². The third kappa shape index (κ3) is 2.45. The van der Waals surface area contributed by atoms with Gasteiger partial charge >= 0.3 is 5.97 Å². The van der Waals surface area contributed by atoms with E-state index < -0.39 is 0 Å². The minimum atomic E-state index is -0.356. The predicted octanol–water partition coefficient (Wildman–Crippen LogP) is 1.54. The minimum Gasteiger partial charge on any atom is -0.459 e. The van der Waals surface area contributed by atoms with Crippen molar-refractivity contribution in [2.75, 3.05) is 5.73 Å². The van der Waals surface area contributed by atoms with Crippen LogP contribution >= 0.6 is 0 Å². The van der Waals surface area contributed by atoms with Crippen LogP contribution in [0.1, 0.15) is 29.8 Å². The smallest absolute Gasteiger partial charge is 0.340 e. The van der Waals surface area contributed by atoms with Gasteiger partial charge in [0.25, 0.3) is 0 Å². The zero-order valence-electron chi connectivity index (χ0n) is 8.57. The number of anilines is 1. The molecule has 0 aromatic carbocycles. The highest BCUT2D eigenvalue weighted by Gasteiger charge is 2.12. The van der Waals surface area contributed by atoms with Crippen LogP contribution in [-0.2, 0) is 4.74 Å². The molecule has 1 aromatic rings. The molecule has 1 aromatic heterocycles. The number of esters is 1. The topological polar surface area (TPSA) is 65.2 Å². The lowest BCUT2D eigenvalue weighted by molar-refractivity contribution is 0.0376. The Morgan fingerprint density at radius 2 is 2.21 bits per heavy atom. The molecule has 76 valence electrons. The maximum atomic E-state index is 11.5. The van der Waals surface area contributed by atoms with Gasteiger partial charge in [0, 0.05) is 6.20 Å². The van der Waals surface area contributed by atoms with Crippen LogP contribution in [0.5, 0.6) is 0 Å². The van der Waals surface area contributed by atoms with Gasteiger partial charge in [-0.3, -0.25) is 0 Å². The summed E-state index contributed by atoms with van der Waals surface area (Å²) in [6, 6.07) is 1.65. The van der Waals surface area contributed by atoms with E-state index in [-0.39, 0.29) is 12.1 Å². The van der Waals surface area contributed by atoms with Crippen molar-refractivity contribution < 1.29 is 9.53 Å². The molecule has 0 aliphatic rings. The number of carbonyl (C=O) groups is 1. The molecule has 0 aliphatic carbocycles. The van der Waals surface area contributed by atoms with Crippen molar-refractivity contribution in [1.29, 1.82) is 0 Å². The zero-order chi connectivity index (χ0) is 10.7. The van der Waals surface area contributed by atoms with Gasteiger partial charge in [0.05, 0.1) is 11.7 Å². The maximum Gasteiger partial charge on any atom is 0.340 e. The molecular weight excluding hydrogens is 180 g/mol. The Morgan fingerprint density at radius 1 is 1.57 bits per heavy atom. The molecule has 0 unspecified atom stereocenters. The number of nitrogens with zero attached hydrogens (tertiary/aromatic N) is 1. The standard InChI is InChI=1S/C10H14N2O2/c1-6(2)14-10(13)8-5-12-9(11)4-7(8)3/h4-6H,1-3H3,(H2,11,12). The Kier molecular flexibility index (Phi) is 3.06. The molecule has 4 heteroatoms. The van der Waals surface area contributed by atoms with Crippen molar-refractivity contribution >= 4 is 11.8 Å². The van der Waals surface area contributed by atoms with E-state index >= 15 is 0 Å². The van der Waals surface area contributed by atoms with E-state index in [0.717, 1.165) is 5.56 Å². The molecule has 2 N–H and O–H groups in total. The first-order valence-electron chi connectivity index (χ1n) is 4.44. The second-order valence-electron chi connectivity index (χ2n) is 3.38. The minimum absolute atomic E-state index is 0.126. The molecule has 0 aliphatic heterocycles. The Bertz CT molecular complexity index is 348. The van der Waals surface area contributed by atoms with Crippen LogP contribution in [0.3, 0.4) is 0 Å². The largest absolute Gasteiger partial charge is 0.459 e. The van der Waals surface area contributed by atoms with Crippen molar-refractivity contribution in [3.05, 3.63) is 23.4 Å². The maximum absolute atomic E-state index is 11.5. The highest BCUT2D eigenvalue weighted by Crippen LogP contribution is 2.11. The van der Waals surface area contributed by atoms with Crippen molar-refractivity contribution in [3.8, 4) is 0 Å². The van der Waals surface area contributed by atoms with Gasteiger partial charge in [-0.25, -0.2) is 9.78 Å². The number of hydrogen-bond donors (Lipinski definition) is 1. The average Bonchev–Trinajstić information content (AvgIpc) is 2.01. The Morgan fingerprint density at radius 3 is 2.71 bits per heavy atom. The number of aryl methyl sites for hydroxylation is 1. The molecule has 0 amide bonds. The van der Waals surface area contributed by atoms with Crippen LogP contribution < -0.4 is 5.73 Å². The van der Waals surface area contributed by atoms with Crippen LogP contribution in [0.25, 0.3) is 0 Å². The summed E-state index contributed by atoms with van der Waals surface area (Å²) < 4.78 is 5.04. The van der Waals surface area contributed by atoms with E-state index in [1.807, 2.05) is 0 Å². The molecule has 0 spiro atoms. The van der Waals surface area contributed by atoms with Crippen LogP contribution in [0.4, 0.5) is 5.82 Å². The normalized spacial score (nSPS) is 10.3. The van der Waals surface area contributed by atoms with Gasteiger partial charge in [0.15, 0.2) is 0 Å². The zero-order valence-corrected chi connectivity index (χ0v) is 8.57. The Balaban J connectivity index is 2.90. The van der Waals surface area contributed by atoms with Crippen LogP contribution in [0.2, 0.25) is 0 Å². The third-order valence-corrected chi connectivity index (χ3v) is 1.69. The fourth-order valence-corrected chi connectivity index (χ4v) is 1.07. The van der Waals surface area contributed by atoms with Crippen molar-refractivity contribution in [2.24, 2.45) is 0 Å². The first kappa shape index (κ1) is 10.5. The van der Waals surface area contributed by atoms with E-state index in [2.05, 4.69) is 4.98 Å². The SMILES string of the molecule is Cc1cc(N)ncc1C(=O)OC(C)C. The number of pyridine rings is 1. The third-order valence-electron chi connectivity index (χ3n) is 1.69. The summed E-state index contributed by atoms with van der Waals surface area (Å²) in [5, 5.41) is 0. The van der Waals surface area contributed by atoms with Gasteiger partial charge in [-0.05, 0) is 32.4 Å². The second kappa shape index (κ2) is 4.09. The molecule has 4 nitrogen and oxygen atoms in total. The lowest BCUT2D eigenvalue weighted by Gasteiger charge is -2.09. The number of nitrogens with two attached hydrogens (primary N) is 1. The Labute approximate surface area is 83.1 Å². The van der Waals surface area contributed by atoms with Gasteiger partial charge in [0.1, 0.15) is 5.82 Å². The first-order chi connectivity index (χ1) is 6.50. The fourth-order valence-electron chi connectivity index (χ4n) is 1.07. The predicted molar refractivity (Wildman–Crippen MR) is 53.9 cm³/mol. The molecular formula is C10H14N2O2. The van der Waals surface area contributed by atoms with Gasteiger partial charge in [0.2, 0.25) is 0 Å². The molecule has 14 heavy (non-hydrogen) atoms. The molecule has 0 bridgehead atoms. The monoisotopic (exact) mass is 194 g/mol. The summed E-state index contributed by atoms with van der Waals surface area (Å²) >= 11 is 0.